The number of nitrogens with zero attached hydrogens (tertiary/aromatic N) is 1. The first-order valence-corrected chi connectivity index (χ1v) is 31.3. The van der Waals surface area contributed by atoms with Gasteiger partial charge in [-0.25, -0.2) is 0 Å². The molecule has 9 heteroatoms. The lowest BCUT2D eigenvalue weighted by Gasteiger charge is -2.30. The number of quaternary nitrogens is 1. The number of carbonyl (C=O) groups is 1. The van der Waals surface area contributed by atoms with Crippen molar-refractivity contribution in [2.45, 2.75) is 328 Å². The minimum atomic E-state index is -4.57. The van der Waals surface area contributed by atoms with Crippen LogP contribution in [0.25, 0.3) is 0 Å². The van der Waals surface area contributed by atoms with E-state index in [2.05, 4.69) is 19.2 Å². The molecule has 402 valence electrons. The summed E-state index contributed by atoms with van der Waals surface area (Å²) in [6, 6.07) is -0.795. The van der Waals surface area contributed by atoms with Crippen LogP contribution in [0.4, 0.5) is 0 Å². The third-order valence-corrected chi connectivity index (χ3v) is 15.1. The Bertz CT molecular complexity index is 1060. The van der Waals surface area contributed by atoms with E-state index in [9.17, 15) is 19.4 Å². The second-order valence-corrected chi connectivity index (χ2v) is 23.5. The quantitative estimate of drug-likeness (QED) is 0.0357. The molecule has 8 nitrogen and oxygen atoms in total. The van der Waals surface area contributed by atoms with Crippen molar-refractivity contribution in [1.82, 2.24) is 5.32 Å². The van der Waals surface area contributed by atoms with Gasteiger partial charge in [-0.2, -0.15) is 0 Å². The molecule has 67 heavy (non-hydrogen) atoms. The van der Waals surface area contributed by atoms with Gasteiger partial charge in [0, 0.05) is 6.42 Å². The van der Waals surface area contributed by atoms with Crippen molar-refractivity contribution < 1.29 is 32.9 Å². The van der Waals surface area contributed by atoms with Gasteiger partial charge in [-0.05, 0) is 12.8 Å². The number of hydrogen-bond donors (Lipinski definition) is 2. The molecule has 0 aliphatic heterocycles. The highest BCUT2D eigenvalue weighted by Crippen LogP contribution is 2.38. The van der Waals surface area contributed by atoms with Crippen molar-refractivity contribution in [1.29, 1.82) is 0 Å². The zero-order chi connectivity index (χ0) is 49.2. The standard InChI is InChI=1S/C58H119N2O6P/c1-6-8-10-12-14-16-18-20-22-24-26-28-29-30-31-32-33-35-37-39-41-43-45-47-49-51-57(61)56(55-66-67(63,64)65-54-53-60(3,4)5)59-58(62)52-50-48-46-44-42-40-38-36-34-27-25-23-21-19-17-15-13-11-9-7-2/h56-57,61H,6-55H2,1-5H3,(H-,59,62,63,64). The van der Waals surface area contributed by atoms with Crippen LogP contribution in [0, 0.1) is 0 Å². The molecule has 0 saturated heterocycles. The number of likely N-dealkylation sites (N-methyl/N-ethyl adjacent to an activating group) is 1. The third-order valence-electron chi connectivity index (χ3n) is 14.1. The van der Waals surface area contributed by atoms with E-state index in [1.165, 1.54) is 250 Å². The van der Waals surface area contributed by atoms with Crippen molar-refractivity contribution in [2.24, 2.45) is 0 Å². The summed E-state index contributed by atoms with van der Waals surface area (Å²) in [6.07, 6.45) is 59.9. The van der Waals surface area contributed by atoms with Gasteiger partial charge in [-0.15, -0.1) is 0 Å². The number of unbranched alkanes of at least 4 members (excludes halogenated alkanes) is 43. The van der Waals surface area contributed by atoms with Crippen LogP contribution in [0.3, 0.4) is 0 Å². The fraction of sp³-hybridized carbons (Fsp3) is 0.983. The molecule has 0 spiro atoms. The number of carbonyl (C=O) groups excluding carboxylic acids is 1. The van der Waals surface area contributed by atoms with E-state index in [0.717, 1.165) is 38.5 Å². The van der Waals surface area contributed by atoms with Crippen LogP contribution in [0.2, 0.25) is 0 Å². The average Bonchev–Trinajstić information content (AvgIpc) is 3.29. The third kappa shape index (κ3) is 53.1. The molecule has 3 unspecified atom stereocenters. The van der Waals surface area contributed by atoms with Gasteiger partial charge in [0.1, 0.15) is 13.2 Å². The summed E-state index contributed by atoms with van der Waals surface area (Å²) in [5.74, 6) is -0.156. The molecule has 2 N–H and O–H groups in total. The minimum absolute atomic E-state index is 0.0167. The predicted octanol–water partition coefficient (Wildman–Crippen LogP) is 17.4. The average molecular weight is 972 g/mol. The van der Waals surface area contributed by atoms with Gasteiger partial charge in [0.15, 0.2) is 0 Å². The number of hydrogen-bond acceptors (Lipinski definition) is 6. The largest absolute Gasteiger partial charge is 0.756 e. The number of nitrogens with one attached hydrogen (secondary N) is 1. The van der Waals surface area contributed by atoms with E-state index in [0.29, 0.717) is 23.9 Å². The molecule has 1 amide bonds. The van der Waals surface area contributed by atoms with E-state index < -0.39 is 20.0 Å². The zero-order valence-corrected chi connectivity index (χ0v) is 46.8. The van der Waals surface area contributed by atoms with E-state index >= 15 is 0 Å². The fourth-order valence-corrected chi connectivity index (χ4v) is 10.1. The SMILES string of the molecule is CCCCCCCCCCCCCCCCCCCCCCCCCCCC(O)C(COP(=O)([O-])OCC[N+](C)(C)C)NC(=O)CCCCCCCCCCCCCCCCCCCCCC. The first kappa shape index (κ1) is 66.5. The number of rotatable bonds is 56. The molecular formula is C58H119N2O6P. The van der Waals surface area contributed by atoms with Crippen molar-refractivity contribution in [3.63, 3.8) is 0 Å². The minimum Gasteiger partial charge on any atom is -0.756 e. The maximum Gasteiger partial charge on any atom is 0.268 e. The van der Waals surface area contributed by atoms with Crippen LogP contribution in [-0.4, -0.2) is 68.5 Å². The molecule has 0 radical (unpaired) electrons. The van der Waals surface area contributed by atoms with Gasteiger partial charge in [-0.3, -0.25) is 9.36 Å². The molecule has 0 saturated carbocycles. The van der Waals surface area contributed by atoms with Crippen LogP contribution >= 0.6 is 7.82 Å². The Morgan fingerprint density at radius 2 is 0.731 bits per heavy atom. The monoisotopic (exact) mass is 971 g/mol. The normalized spacial score (nSPS) is 13.8. The molecule has 3 atom stereocenters. The van der Waals surface area contributed by atoms with E-state index in [4.69, 9.17) is 9.05 Å². The molecule has 0 aromatic heterocycles. The van der Waals surface area contributed by atoms with Gasteiger partial charge in [0.05, 0.1) is 39.9 Å². The summed E-state index contributed by atoms with van der Waals surface area (Å²) in [6.45, 7) is 4.78. The molecule has 0 rings (SSSR count). The van der Waals surface area contributed by atoms with Crippen LogP contribution in [0.1, 0.15) is 316 Å². The number of aliphatic hydroxyl groups excluding tert-OH is 1. The second kappa shape index (κ2) is 50.4. The highest BCUT2D eigenvalue weighted by molar-refractivity contribution is 7.45. The van der Waals surface area contributed by atoms with Gasteiger partial charge < -0.3 is 28.8 Å². The molecule has 0 bridgehead atoms. The Labute approximate surface area is 419 Å². The molecule has 0 fully saturated rings. The highest BCUT2D eigenvalue weighted by atomic mass is 31.2. The second-order valence-electron chi connectivity index (χ2n) is 22.1. The highest BCUT2D eigenvalue weighted by Gasteiger charge is 2.24. The number of phosphoric ester groups is 1. The Morgan fingerprint density at radius 1 is 0.463 bits per heavy atom. The Morgan fingerprint density at radius 3 is 1.01 bits per heavy atom. The Balaban J connectivity index is 4.10. The van der Waals surface area contributed by atoms with Crippen LogP contribution < -0.4 is 10.2 Å². The van der Waals surface area contributed by atoms with E-state index in [1.54, 1.807) is 0 Å². The Kier molecular flexibility index (Phi) is 50.1. The van der Waals surface area contributed by atoms with E-state index in [1.807, 2.05) is 21.1 Å². The predicted molar refractivity (Wildman–Crippen MR) is 289 cm³/mol. The van der Waals surface area contributed by atoms with Crippen molar-refractivity contribution in [2.75, 3.05) is 40.9 Å². The number of amides is 1. The first-order chi connectivity index (χ1) is 32.5. The topological polar surface area (TPSA) is 108 Å². The lowest BCUT2D eigenvalue weighted by atomic mass is 10.0. The summed E-state index contributed by atoms with van der Waals surface area (Å²) in [4.78, 5) is 25.5. The summed E-state index contributed by atoms with van der Waals surface area (Å²) in [5.41, 5.74) is 0. The van der Waals surface area contributed by atoms with Gasteiger partial charge in [-0.1, -0.05) is 296 Å². The lowest BCUT2D eigenvalue weighted by Crippen LogP contribution is -2.46. The maximum atomic E-state index is 13.0. The maximum absolute atomic E-state index is 13.0. The van der Waals surface area contributed by atoms with Crippen molar-refractivity contribution >= 4 is 13.7 Å². The Hall–Kier alpha value is -0.500. The number of phosphoric acid groups is 1. The molecule has 0 aromatic rings. The van der Waals surface area contributed by atoms with Gasteiger partial charge in [0.25, 0.3) is 7.82 Å². The van der Waals surface area contributed by atoms with Crippen LogP contribution in [0.5, 0.6) is 0 Å². The van der Waals surface area contributed by atoms with Crippen LogP contribution in [-0.2, 0) is 18.4 Å². The summed E-state index contributed by atoms with van der Waals surface area (Å²) < 4.78 is 23.5. The van der Waals surface area contributed by atoms with E-state index in [-0.39, 0.29) is 19.1 Å². The molecule has 0 aliphatic carbocycles. The first-order valence-electron chi connectivity index (χ1n) is 29.9. The summed E-state index contributed by atoms with van der Waals surface area (Å²) in [7, 11) is 1.33. The number of aliphatic hydroxyl groups is 1. The molecule has 0 heterocycles. The molecular weight excluding hydrogens is 852 g/mol. The van der Waals surface area contributed by atoms with Crippen LogP contribution in [0.15, 0.2) is 0 Å². The van der Waals surface area contributed by atoms with Gasteiger partial charge >= 0.3 is 0 Å². The zero-order valence-electron chi connectivity index (χ0n) is 45.9. The summed E-state index contributed by atoms with van der Waals surface area (Å²) >= 11 is 0. The van der Waals surface area contributed by atoms with Crippen molar-refractivity contribution in [3.8, 4) is 0 Å². The summed E-state index contributed by atoms with van der Waals surface area (Å²) in [5, 5.41) is 14.0. The smallest absolute Gasteiger partial charge is 0.268 e. The molecule has 0 aromatic carbocycles. The fourth-order valence-electron chi connectivity index (χ4n) is 9.40. The lowest BCUT2D eigenvalue weighted by molar-refractivity contribution is -0.870. The van der Waals surface area contributed by atoms with Gasteiger partial charge in [0.2, 0.25) is 5.91 Å². The van der Waals surface area contributed by atoms with Crippen molar-refractivity contribution in [3.05, 3.63) is 0 Å². The molecule has 0 aliphatic rings.